The molecule has 1 aliphatic heterocycles. The Labute approximate surface area is 209 Å². The number of halogens is 1. The number of aryl methyl sites for hydroxylation is 1. The third kappa shape index (κ3) is 4.15. The highest BCUT2D eigenvalue weighted by atomic mass is 19.1. The van der Waals surface area contributed by atoms with Crippen LogP contribution in [0.2, 0.25) is 0 Å². The summed E-state index contributed by atoms with van der Waals surface area (Å²) in [6, 6.07) is 18.6. The summed E-state index contributed by atoms with van der Waals surface area (Å²) in [4.78, 5) is 6.88. The van der Waals surface area contributed by atoms with Gasteiger partial charge in [-0.25, -0.2) is 9.37 Å². The van der Waals surface area contributed by atoms with Crippen molar-refractivity contribution in [3.8, 4) is 28.5 Å². The quantitative estimate of drug-likeness (QED) is 0.428. The number of nitrogens with zero attached hydrogens (tertiary/aromatic N) is 4. The first-order chi connectivity index (χ1) is 17.3. The summed E-state index contributed by atoms with van der Waals surface area (Å²) < 4.78 is 16.6. The minimum Gasteiger partial charge on any atom is -0.393 e. The van der Waals surface area contributed by atoms with E-state index in [0.717, 1.165) is 16.8 Å². The maximum atomic E-state index is 14.9. The van der Waals surface area contributed by atoms with E-state index in [4.69, 9.17) is 4.98 Å². The maximum absolute atomic E-state index is 14.9. The van der Waals surface area contributed by atoms with E-state index >= 15 is 0 Å². The molecular weight excluding hydrogens is 455 g/mol. The van der Waals surface area contributed by atoms with Crippen molar-refractivity contribution in [3.63, 3.8) is 0 Å². The molecule has 0 bridgehead atoms. The van der Waals surface area contributed by atoms with Crippen molar-refractivity contribution in [1.29, 1.82) is 5.26 Å². The Kier molecular flexibility index (Phi) is 6.09. The monoisotopic (exact) mass is 482 g/mol. The van der Waals surface area contributed by atoms with Gasteiger partial charge in [-0.1, -0.05) is 43.0 Å². The number of rotatable bonds is 5. The highest BCUT2D eigenvalue weighted by Crippen LogP contribution is 2.36. The van der Waals surface area contributed by atoms with Crippen LogP contribution in [0.1, 0.15) is 29.7 Å². The van der Waals surface area contributed by atoms with Gasteiger partial charge in [0.25, 0.3) is 0 Å². The number of hydrogen-bond acceptors (Lipinski definition) is 5. The summed E-state index contributed by atoms with van der Waals surface area (Å²) in [5.74, 6) is -0.321. The number of imidazole rings is 1. The van der Waals surface area contributed by atoms with Crippen LogP contribution in [0.3, 0.4) is 0 Å². The van der Waals surface area contributed by atoms with Crippen LogP contribution in [0.25, 0.3) is 33.7 Å². The lowest BCUT2D eigenvalue weighted by molar-refractivity contribution is -0.0510. The summed E-state index contributed by atoms with van der Waals surface area (Å²) >= 11 is 0. The van der Waals surface area contributed by atoms with Crippen molar-refractivity contribution in [2.45, 2.75) is 25.4 Å². The Morgan fingerprint density at radius 2 is 1.83 bits per heavy atom. The number of hydrogen-bond donors (Lipinski definition) is 2. The second-order valence-corrected chi connectivity index (χ2v) is 9.41. The van der Waals surface area contributed by atoms with Crippen LogP contribution in [0, 0.1) is 24.1 Å². The third-order valence-corrected chi connectivity index (χ3v) is 7.03. The standard InChI is InChI=1S/C29H27FN4O2/c1-19-7-8-23(25(30)15-19)22-5-3-4-6-24(22)28-26(17-31)34-12-9-21(16-27(34)32-28)20(2)33-13-10-29(36,18-35)11-14-33/h3-9,12,15-16,35-36H,2,10-11,13-14,18H2,1H3. The Morgan fingerprint density at radius 3 is 2.50 bits per heavy atom. The number of likely N-dealkylation sites (tertiary alicyclic amines) is 1. The second-order valence-electron chi connectivity index (χ2n) is 9.41. The van der Waals surface area contributed by atoms with Crippen molar-refractivity contribution in [1.82, 2.24) is 14.3 Å². The molecule has 0 spiro atoms. The van der Waals surface area contributed by atoms with Crippen LogP contribution in [0.5, 0.6) is 0 Å². The summed E-state index contributed by atoms with van der Waals surface area (Å²) in [6.07, 6.45) is 2.72. The van der Waals surface area contributed by atoms with Gasteiger partial charge in [-0.05, 0) is 49.1 Å². The zero-order valence-electron chi connectivity index (χ0n) is 20.1. The van der Waals surface area contributed by atoms with E-state index in [2.05, 4.69) is 17.5 Å². The molecule has 0 radical (unpaired) electrons. The average Bonchev–Trinajstić information content (AvgIpc) is 3.26. The minimum absolute atomic E-state index is 0.249. The highest BCUT2D eigenvalue weighted by molar-refractivity contribution is 5.85. The Hall–Kier alpha value is -3.99. The zero-order chi connectivity index (χ0) is 25.4. The van der Waals surface area contributed by atoms with Crippen molar-refractivity contribution in [3.05, 3.63) is 90.0 Å². The molecule has 3 heterocycles. The molecule has 5 rings (SSSR count). The molecule has 2 aromatic carbocycles. The van der Waals surface area contributed by atoms with Crippen molar-refractivity contribution in [2.75, 3.05) is 19.7 Å². The number of piperidine rings is 1. The van der Waals surface area contributed by atoms with Gasteiger partial charge in [0, 0.05) is 41.7 Å². The van der Waals surface area contributed by atoms with Gasteiger partial charge in [-0.15, -0.1) is 0 Å². The van der Waals surface area contributed by atoms with E-state index in [1.165, 1.54) is 6.07 Å². The molecule has 0 atom stereocenters. The number of benzene rings is 2. The first kappa shape index (κ1) is 23.7. The Morgan fingerprint density at radius 1 is 1.11 bits per heavy atom. The number of nitriles is 1. The summed E-state index contributed by atoms with van der Waals surface area (Å²) in [7, 11) is 0. The van der Waals surface area contributed by atoms with E-state index in [1.54, 1.807) is 16.7 Å². The van der Waals surface area contributed by atoms with Crippen LogP contribution in [-0.2, 0) is 0 Å². The molecule has 182 valence electrons. The van der Waals surface area contributed by atoms with Crippen LogP contribution < -0.4 is 0 Å². The molecule has 2 aromatic heterocycles. The maximum Gasteiger partial charge on any atom is 0.152 e. The summed E-state index contributed by atoms with van der Waals surface area (Å²) in [5.41, 5.74) is 4.70. The number of aliphatic hydroxyl groups excluding tert-OH is 1. The molecule has 0 unspecified atom stereocenters. The van der Waals surface area contributed by atoms with Crippen LogP contribution in [-0.4, -0.2) is 49.8 Å². The second kappa shape index (κ2) is 9.23. The molecule has 36 heavy (non-hydrogen) atoms. The summed E-state index contributed by atoms with van der Waals surface area (Å²) in [5, 5.41) is 29.8. The number of pyridine rings is 1. The zero-order valence-corrected chi connectivity index (χ0v) is 20.1. The fraction of sp³-hybridized carbons (Fsp3) is 0.241. The molecule has 1 aliphatic rings. The van der Waals surface area contributed by atoms with E-state index < -0.39 is 5.60 Å². The molecule has 0 amide bonds. The van der Waals surface area contributed by atoms with Crippen LogP contribution in [0.4, 0.5) is 4.39 Å². The van der Waals surface area contributed by atoms with Gasteiger partial charge >= 0.3 is 0 Å². The first-order valence-electron chi connectivity index (χ1n) is 11.9. The van der Waals surface area contributed by atoms with Crippen molar-refractivity contribution >= 4 is 11.3 Å². The average molecular weight is 483 g/mol. The topological polar surface area (TPSA) is 84.8 Å². The van der Waals surface area contributed by atoms with E-state index in [9.17, 15) is 19.9 Å². The number of aromatic nitrogens is 2. The molecule has 7 heteroatoms. The predicted molar refractivity (Wildman–Crippen MR) is 137 cm³/mol. The lowest BCUT2D eigenvalue weighted by atomic mass is 9.92. The van der Waals surface area contributed by atoms with E-state index in [0.29, 0.717) is 59.7 Å². The van der Waals surface area contributed by atoms with Gasteiger partial charge in [-0.2, -0.15) is 5.26 Å². The SMILES string of the molecule is C=C(c1ccn2c(C#N)c(-c3ccccc3-c3ccc(C)cc3F)nc2c1)N1CCC(O)(CO)CC1. The molecule has 6 nitrogen and oxygen atoms in total. The first-order valence-corrected chi connectivity index (χ1v) is 11.9. The van der Waals surface area contributed by atoms with Gasteiger partial charge in [0.1, 0.15) is 23.2 Å². The fourth-order valence-electron chi connectivity index (χ4n) is 4.82. The van der Waals surface area contributed by atoms with Gasteiger partial charge < -0.3 is 15.1 Å². The Bertz CT molecular complexity index is 1510. The van der Waals surface area contributed by atoms with Gasteiger partial charge in [0.15, 0.2) is 5.69 Å². The largest absolute Gasteiger partial charge is 0.393 e. The molecule has 1 saturated heterocycles. The lowest BCUT2D eigenvalue weighted by Gasteiger charge is -2.39. The fourth-order valence-corrected chi connectivity index (χ4v) is 4.82. The third-order valence-electron chi connectivity index (χ3n) is 7.03. The normalized spacial score (nSPS) is 15.1. The van der Waals surface area contributed by atoms with Crippen LogP contribution in [0.15, 0.2) is 67.4 Å². The van der Waals surface area contributed by atoms with Gasteiger partial charge in [0.2, 0.25) is 0 Å². The molecule has 2 N–H and O–H groups in total. The molecule has 1 fully saturated rings. The van der Waals surface area contributed by atoms with Crippen LogP contribution >= 0.6 is 0 Å². The van der Waals surface area contributed by atoms with E-state index in [-0.39, 0.29) is 12.4 Å². The van der Waals surface area contributed by atoms with E-state index in [1.807, 2.05) is 49.4 Å². The van der Waals surface area contributed by atoms with Gasteiger partial charge in [-0.3, -0.25) is 4.40 Å². The molecule has 0 aliphatic carbocycles. The van der Waals surface area contributed by atoms with Crippen molar-refractivity contribution < 1.29 is 14.6 Å². The lowest BCUT2D eigenvalue weighted by Crippen LogP contribution is -2.45. The minimum atomic E-state index is -1.04. The number of fused-ring (bicyclic) bond motifs is 1. The Balaban J connectivity index is 1.54. The number of aliphatic hydroxyl groups is 2. The van der Waals surface area contributed by atoms with Gasteiger partial charge in [0.05, 0.1) is 12.2 Å². The van der Waals surface area contributed by atoms with Crippen molar-refractivity contribution in [2.24, 2.45) is 0 Å². The molecular formula is C29H27FN4O2. The summed E-state index contributed by atoms with van der Waals surface area (Å²) in [6.45, 7) is 7.01. The smallest absolute Gasteiger partial charge is 0.152 e. The molecule has 0 saturated carbocycles. The predicted octanol–water partition coefficient (Wildman–Crippen LogP) is 4.78. The molecule has 4 aromatic rings. The highest BCUT2D eigenvalue weighted by Gasteiger charge is 2.32.